The van der Waals surface area contributed by atoms with Crippen molar-refractivity contribution >= 4 is 5.78 Å². The fourth-order valence-corrected chi connectivity index (χ4v) is 6.00. The maximum atomic E-state index is 12.0. The van der Waals surface area contributed by atoms with E-state index < -0.39 is 12.2 Å². The lowest BCUT2D eigenvalue weighted by Gasteiger charge is -2.55. The molecule has 0 saturated heterocycles. The van der Waals surface area contributed by atoms with Crippen LogP contribution >= 0.6 is 0 Å². The summed E-state index contributed by atoms with van der Waals surface area (Å²) in [6.45, 7) is 4.35. The van der Waals surface area contributed by atoms with Gasteiger partial charge in [0.2, 0.25) is 0 Å². The average molecular weight is 316 g/mol. The third kappa shape index (κ3) is 2.35. The number of aliphatic hydroxyl groups excluding tert-OH is 2. The zero-order chi connectivity index (χ0) is 16.4. The van der Waals surface area contributed by atoms with Crippen molar-refractivity contribution in [3.05, 3.63) is 23.3 Å². The first-order valence-corrected chi connectivity index (χ1v) is 9.18. The van der Waals surface area contributed by atoms with E-state index in [1.165, 1.54) is 5.57 Å². The van der Waals surface area contributed by atoms with Crippen LogP contribution in [0.3, 0.4) is 0 Å². The van der Waals surface area contributed by atoms with Crippen molar-refractivity contribution in [1.29, 1.82) is 0 Å². The minimum absolute atomic E-state index is 0.179. The van der Waals surface area contributed by atoms with Crippen molar-refractivity contribution in [2.45, 2.75) is 64.6 Å². The first-order chi connectivity index (χ1) is 10.9. The quantitative estimate of drug-likeness (QED) is 0.722. The number of aliphatic hydroxyl groups is 2. The van der Waals surface area contributed by atoms with E-state index in [1.54, 1.807) is 0 Å². The molecule has 0 radical (unpaired) electrons. The van der Waals surface area contributed by atoms with Gasteiger partial charge in [0.15, 0.2) is 5.78 Å². The van der Waals surface area contributed by atoms with Gasteiger partial charge in [0, 0.05) is 6.42 Å². The van der Waals surface area contributed by atoms with Crippen LogP contribution in [0.2, 0.25) is 0 Å². The van der Waals surface area contributed by atoms with Gasteiger partial charge in [0.05, 0.1) is 12.2 Å². The normalized spacial score (nSPS) is 49.5. The number of hydrogen-bond donors (Lipinski definition) is 2. The van der Waals surface area contributed by atoms with Gasteiger partial charge >= 0.3 is 0 Å². The minimum atomic E-state index is -0.551. The van der Waals surface area contributed by atoms with E-state index in [-0.39, 0.29) is 5.41 Å². The van der Waals surface area contributed by atoms with Gasteiger partial charge in [-0.3, -0.25) is 4.79 Å². The van der Waals surface area contributed by atoms with E-state index in [1.807, 2.05) is 6.92 Å². The van der Waals surface area contributed by atoms with Gasteiger partial charge < -0.3 is 10.2 Å². The summed E-state index contributed by atoms with van der Waals surface area (Å²) in [4.78, 5) is 12.0. The Labute approximate surface area is 138 Å². The highest BCUT2D eigenvalue weighted by Crippen LogP contribution is 2.58. The number of allylic oxidation sites excluding steroid dienone is 4. The SMILES string of the molecule is CC1=C2C=C[C@@]3(C)C[C@H]4C[C@H](O)[C@H](O)C[C@@H]4C[C@@H]3[C@@H]2CCC1=O. The van der Waals surface area contributed by atoms with Gasteiger partial charge in [-0.25, -0.2) is 0 Å². The molecule has 0 aromatic carbocycles. The molecule has 0 unspecified atom stereocenters. The Hall–Kier alpha value is -0.930. The van der Waals surface area contributed by atoms with Crippen LogP contribution in [0.25, 0.3) is 0 Å². The molecule has 0 aliphatic heterocycles. The van der Waals surface area contributed by atoms with Gasteiger partial charge in [0.25, 0.3) is 0 Å². The summed E-state index contributed by atoms with van der Waals surface area (Å²) in [6.07, 6.45) is 8.87. The molecule has 0 amide bonds. The van der Waals surface area contributed by atoms with Crippen molar-refractivity contribution in [2.24, 2.45) is 29.1 Å². The van der Waals surface area contributed by atoms with E-state index in [0.717, 1.165) is 37.7 Å². The van der Waals surface area contributed by atoms with Crippen molar-refractivity contribution in [3.63, 3.8) is 0 Å². The zero-order valence-corrected chi connectivity index (χ0v) is 14.2. The van der Waals surface area contributed by atoms with Crippen LogP contribution in [0, 0.1) is 29.1 Å². The predicted octanol–water partition coefficient (Wildman–Crippen LogP) is 3.02. The lowest BCUT2D eigenvalue weighted by atomic mass is 9.50. The first kappa shape index (κ1) is 15.6. The van der Waals surface area contributed by atoms with Crippen LogP contribution in [0.4, 0.5) is 0 Å². The van der Waals surface area contributed by atoms with Crippen LogP contribution in [0.15, 0.2) is 23.3 Å². The molecule has 23 heavy (non-hydrogen) atoms. The third-order valence-electron chi connectivity index (χ3n) is 7.37. The highest BCUT2D eigenvalue weighted by molar-refractivity contribution is 5.97. The molecule has 7 atom stereocenters. The van der Waals surface area contributed by atoms with E-state index in [9.17, 15) is 15.0 Å². The Morgan fingerprint density at radius 3 is 2.57 bits per heavy atom. The van der Waals surface area contributed by atoms with Crippen LogP contribution in [-0.4, -0.2) is 28.2 Å². The molecular weight excluding hydrogens is 288 g/mol. The summed E-state index contributed by atoms with van der Waals surface area (Å²) < 4.78 is 0. The van der Waals surface area contributed by atoms with Crippen LogP contribution in [0.5, 0.6) is 0 Å². The molecule has 0 spiro atoms. The Morgan fingerprint density at radius 2 is 1.83 bits per heavy atom. The van der Waals surface area contributed by atoms with Crippen molar-refractivity contribution in [1.82, 2.24) is 0 Å². The van der Waals surface area contributed by atoms with E-state index in [0.29, 0.717) is 35.9 Å². The van der Waals surface area contributed by atoms with Crippen molar-refractivity contribution in [2.75, 3.05) is 0 Å². The summed E-state index contributed by atoms with van der Waals surface area (Å²) in [7, 11) is 0. The fourth-order valence-electron chi connectivity index (χ4n) is 6.00. The topological polar surface area (TPSA) is 57.5 Å². The molecule has 4 aliphatic rings. The summed E-state index contributed by atoms with van der Waals surface area (Å²) in [5.74, 6) is 2.45. The number of Topliss-reactive ketones (excluding diaryl/α,β-unsaturated/α-hetero) is 1. The van der Waals surface area contributed by atoms with Crippen LogP contribution < -0.4 is 0 Å². The molecule has 4 aliphatic carbocycles. The predicted molar refractivity (Wildman–Crippen MR) is 88.6 cm³/mol. The second-order valence-electron chi connectivity index (χ2n) is 8.66. The molecule has 126 valence electrons. The maximum Gasteiger partial charge on any atom is 0.158 e. The Balaban J connectivity index is 1.67. The highest BCUT2D eigenvalue weighted by atomic mass is 16.3. The molecule has 0 aromatic rings. The Kier molecular flexibility index (Phi) is 3.58. The fraction of sp³-hybridized carbons (Fsp3) is 0.750. The summed E-state index contributed by atoms with van der Waals surface area (Å²) in [5, 5.41) is 20.1. The summed E-state index contributed by atoms with van der Waals surface area (Å²) >= 11 is 0. The number of carbonyl (C=O) groups is 1. The highest BCUT2D eigenvalue weighted by Gasteiger charge is 2.51. The van der Waals surface area contributed by atoms with E-state index >= 15 is 0 Å². The molecule has 0 aromatic heterocycles. The molecule has 3 heteroatoms. The van der Waals surface area contributed by atoms with E-state index in [2.05, 4.69) is 19.1 Å². The molecule has 3 nitrogen and oxygen atoms in total. The average Bonchev–Trinajstić information content (AvgIpc) is 2.50. The number of hydrogen-bond acceptors (Lipinski definition) is 3. The van der Waals surface area contributed by atoms with Gasteiger partial charge in [-0.1, -0.05) is 19.1 Å². The molecule has 4 rings (SSSR count). The third-order valence-corrected chi connectivity index (χ3v) is 7.37. The lowest BCUT2D eigenvalue weighted by molar-refractivity contribution is -0.117. The van der Waals surface area contributed by atoms with Gasteiger partial charge in [-0.2, -0.15) is 0 Å². The van der Waals surface area contributed by atoms with E-state index in [4.69, 9.17) is 0 Å². The van der Waals surface area contributed by atoms with Crippen LogP contribution in [-0.2, 0) is 4.79 Å². The summed E-state index contributed by atoms with van der Waals surface area (Å²) in [6, 6.07) is 0. The second-order valence-corrected chi connectivity index (χ2v) is 8.66. The smallest absolute Gasteiger partial charge is 0.158 e. The van der Waals surface area contributed by atoms with Gasteiger partial charge in [-0.05, 0) is 79.3 Å². The molecular formula is C20H28O3. The molecule has 2 N–H and O–H groups in total. The van der Waals surface area contributed by atoms with Crippen molar-refractivity contribution < 1.29 is 15.0 Å². The van der Waals surface area contributed by atoms with Gasteiger partial charge in [0.1, 0.15) is 0 Å². The second kappa shape index (κ2) is 5.29. The van der Waals surface area contributed by atoms with Crippen LogP contribution in [0.1, 0.15) is 52.4 Å². The number of ketones is 1. The van der Waals surface area contributed by atoms with Gasteiger partial charge in [-0.15, -0.1) is 0 Å². The monoisotopic (exact) mass is 316 g/mol. The molecule has 2 saturated carbocycles. The summed E-state index contributed by atoms with van der Waals surface area (Å²) in [5.41, 5.74) is 2.43. The van der Waals surface area contributed by atoms with Crippen molar-refractivity contribution in [3.8, 4) is 0 Å². The standard InChI is InChI=1S/C20H28O3/c1-11-14-5-6-20(2)10-13-9-19(23)18(22)8-12(13)7-16(20)15(14)3-4-17(11)21/h5-6,12-13,15-16,18-19,22-23H,3-4,7-10H2,1-2H3/t12-,13+,15+,16+,18+,19-,20-/m0/s1. The largest absolute Gasteiger partial charge is 0.390 e. The molecule has 0 bridgehead atoms. The Morgan fingerprint density at radius 1 is 1.13 bits per heavy atom. The lowest BCUT2D eigenvalue weighted by Crippen LogP contribution is -2.49. The first-order valence-electron chi connectivity index (χ1n) is 9.18. The number of rotatable bonds is 0. The molecule has 2 fully saturated rings. The number of carbonyl (C=O) groups excluding carboxylic acids is 1. The molecule has 0 heterocycles. The number of fused-ring (bicyclic) bond motifs is 4. The maximum absolute atomic E-state index is 12.0. The minimum Gasteiger partial charge on any atom is -0.390 e. The Bertz CT molecular complexity index is 590. The zero-order valence-electron chi connectivity index (χ0n) is 14.2.